The highest BCUT2D eigenvalue weighted by molar-refractivity contribution is 5.75. The Morgan fingerprint density at radius 2 is 2.15 bits per heavy atom. The van der Waals surface area contributed by atoms with E-state index in [9.17, 15) is 4.79 Å². The van der Waals surface area contributed by atoms with Crippen LogP contribution in [0.1, 0.15) is 20.8 Å². The zero-order chi connectivity index (χ0) is 9.90. The molecule has 70 valence electrons. The summed E-state index contributed by atoms with van der Waals surface area (Å²) in [6.07, 6.45) is 3.51. The smallest absolute Gasteiger partial charge is 0.162 e. The fourth-order valence-corrected chi connectivity index (χ4v) is 0.959. The third kappa shape index (κ3) is 2.21. The van der Waals surface area contributed by atoms with E-state index in [4.69, 9.17) is 0 Å². The van der Waals surface area contributed by atoms with Crippen molar-refractivity contribution in [1.29, 1.82) is 0 Å². The van der Waals surface area contributed by atoms with E-state index in [-0.39, 0.29) is 5.41 Å². The summed E-state index contributed by atoms with van der Waals surface area (Å²) in [7, 11) is 0. The monoisotopic (exact) mass is 180 g/mol. The van der Waals surface area contributed by atoms with Crippen molar-refractivity contribution in [3.8, 4) is 0 Å². The van der Waals surface area contributed by atoms with Crippen molar-refractivity contribution >= 4 is 12.0 Å². The summed E-state index contributed by atoms with van der Waals surface area (Å²) in [6.45, 7) is 5.93. The van der Waals surface area contributed by atoms with Crippen LogP contribution < -0.4 is 0 Å². The van der Waals surface area contributed by atoms with Gasteiger partial charge in [-0.2, -0.15) is 0 Å². The normalized spacial score (nSPS) is 13.0. The molecular weight excluding hydrogens is 168 g/mol. The zero-order valence-corrected chi connectivity index (χ0v) is 7.93. The summed E-state index contributed by atoms with van der Waals surface area (Å²) in [5.74, 6) is 0. The molecule has 0 fully saturated rings. The van der Waals surface area contributed by atoms with E-state index in [1.165, 1.54) is 17.2 Å². The maximum Gasteiger partial charge on any atom is 0.162 e. The number of aldehydes is 1. The fourth-order valence-electron chi connectivity index (χ4n) is 0.959. The molecule has 0 aromatic carbocycles. The maximum absolute atomic E-state index is 10.4. The van der Waals surface area contributed by atoms with E-state index >= 15 is 0 Å². The Morgan fingerprint density at radius 3 is 2.54 bits per heavy atom. The summed E-state index contributed by atoms with van der Waals surface area (Å²) in [5.41, 5.74) is 0.543. The van der Waals surface area contributed by atoms with Gasteiger partial charge in [-0.25, -0.2) is 0 Å². The highest BCUT2D eigenvalue weighted by atomic mass is 16.1. The first-order chi connectivity index (χ1) is 6.05. The molecule has 1 heterocycles. The molecule has 1 aromatic heterocycles. The molecule has 0 aliphatic carbocycles. The third-order valence-corrected chi connectivity index (χ3v) is 1.56. The quantitative estimate of drug-likeness (QED) is 0.498. The summed E-state index contributed by atoms with van der Waals surface area (Å²) >= 11 is 0. The second-order valence-electron chi connectivity index (χ2n) is 3.66. The second-order valence-corrected chi connectivity index (χ2v) is 3.66. The van der Waals surface area contributed by atoms with Gasteiger partial charge >= 0.3 is 0 Å². The lowest BCUT2D eigenvalue weighted by molar-refractivity contribution is -0.104. The van der Waals surface area contributed by atoms with Crippen molar-refractivity contribution in [3.05, 3.63) is 12.4 Å². The predicted octanol–water partition coefficient (Wildman–Crippen LogP) is 0.759. The Balaban J connectivity index is 3.09. The average molecular weight is 180 g/mol. The molecule has 0 atom stereocenters. The Kier molecular flexibility index (Phi) is 2.55. The molecule has 5 heteroatoms. The first-order valence-corrected chi connectivity index (χ1v) is 3.95. The molecule has 13 heavy (non-hydrogen) atoms. The van der Waals surface area contributed by atoms with Crippen LogP contribution in [0.4, 0.5) is 0 Å². The van der Waals surface area contributed by atoms with Crippen LogP contribution >= 0.6 is 0 Å². The molecule has 0 unspecified atom stereocenters. The van der Waals surface area contributed by atoms with Gasteiger partial charge < -0.3 is 0 Å². The number of allylic oxidation sites excluding steroid dienone is 2. The average Bonchev–Trinajstić information content (AvgIpc) is 2.49. The summed E-state index contributed by atoms with van der Waals surface area (Å²) in [4.78, 5) is 11.7. The number of carbonyl (C=O) groups is 1. The van der Waals surface area contributed by atoms with Gasteiger partial charge in [0.15, 0.2) is 6.33 Å². The van der Waals surface area contributed by atoms with Gasteiger partial charge in [-0.3, -0.25) is 4.79 Å². The number of carbonyl (C=O) groups excluding carboxylic acids is 1. The molecule has 0 amide bonds. The van der Waals surface area contributed by atoms with Crippen LogP contribution in [0, 0.1) is 5.41 Å². The Hall–Kier alpha value is -1.52. The fraction of sp³-hybridized carbons (Fsp3) is 0.500. The SMILES string of the molecule is CC(C)(C)/C(=C/C=O)n1ncnn1. The van der Waals surface area contributed by atoms with Crippen LogP contribution in [0.3, 0.4) is 0 Å². The minimum Gasteiger partial charge on any atom is -0.298 e. The molecule has 1 aromatic rings. The number of tetrazole rings is 1. The van der Waals surface area contributed by atoms with Crippen LogP contribution in [0.15, 0.2) is 12.4 Å². The van der Waals surface area contributed by atoms with Crippen LogP contribution in [0.2, 0.25) is 0 Å². The van der Waals surface area contributed by atoms with Gasteiger partial charge in [0.25, 0.3) is 0 Å². The van der Waals surface area contributed by atoms with Crippen LogP contribution in [-0.4, -0.2) is 26.5 Å². The van der Waals surface area contributed by atoms with Crippen molar-refractivity contribution in [3.63, 3.8) is 0 Å². The number of rotatable bonds is 2. The Morgan fingerprint density at radius 1 is 1.46 bits per heavy atom. The zero-order valence-electron chi connectivity index (χ0n) is 7.93. The van der Waals surface area contributed by atoms with Gasteiger partial charge in [0.05, 0.1) is 5.70 Å². The minimum atomic E-state index is -0.179. The first-order valence-electron chi connectivity index (χ1n) is 3.95. The topological polar surface area (TPSA) is 60.7 Å². The Bertz CT molecular complexity index is 307. The lowest BCUT2D eigenvalue weighted by atomic mass is 9.92. The number of aromatic nitrogens is 4. The first kappa shape index (κ1) is 9.57. The largest absolute Gasteiger partial charge is 0.298 e. The molecule has 0 spiro atoms. The van der Waals surface area contributed by atoms with Gasteiger partial charge in [-0.05, 0) is 5.21 Å². The number of nitrogens with zero attached hydrogens (tertiary/aromatic N) is 4. The molecular formula is C8H12N4O. The number of hydrogen-bond donors (Lipinski definition) is 0. The van der Waals surface area contributed by atoms with E-state index in [0.29, 0.717) is 0 Å². The maximum atomic E-state index is 10.4. The van der Waals surface area contributed by atoms with E-state index in [1.54, 1.807) is 0 Å². The molecule has 0 saturated heterocycles. The van der Waals surface area contributed by atoms with Crippen LogP contribution in [0.5, 0.6) is 0 Å². The van der Waals surface area contributed by atoms with Gasteiger partial charge in [0.1, 0.15) is 6.29 Å². The van der Waals surface area contributed by atoms with E-state index < -0.39 is 0 Å². The highest BCUT2D eigenvalue weighted by Crippen LogP contribution is 2.26. The minimum absolute atomic E-state index is 0.179. The standard InChI is InChI=1S/C8H12N4O/c1-8(2,3)7(4-5-13)12-10-6-9-11-12/h4-6H,1-3H3/b7-4-. The van der Waals surface area contributed by atoms with Crippen molar-refractivity contribution in [1.82, 2.24) is 20.2 Å². The van der Waals surface area contributed by atoms with Crippen molar-refractivity contribution in [2.24, 2.45) is 5.41 Å². The van der Waals surface area contributed by atoms with E-state index in [0.717, 1.165) is 12.0 Å². The molecule has 0 saturated carbocycles. The Labute approximate surface area is 76.4 Å². The van der Waals surface area contributed by atoms with Crippen molar-refractivity contribution < 1.29 is 4.79 Å². The summed E-state index contributed by atoms with van der Waals surface area (Å²) in [5, 5.41) is 11.2. The van der Waals surface area contributed by atoms with Crippen molar-refractivity contribution in [2.45, 2.75) is 20.8 Å². The molecule has 1 rings (SSSR count). The molecule has 0 aliphatic heterocycles. The van der Waals surface area contributed by atoms with E-state index in [1.807, 2.05) is 20.8 Å². The van der Waals surface area contributed by atoms with Gasteiger partial charge in [0.2, 0.25) is 0 Å². The molecule has 0 aliphatic rings. The predicted molar refractivity (Wildman–Crippen MR) is 47.6 cm³/mol. The number of hydrogen-bond acceptors (Lipinski definition) is 4. The summed E-state index contributed by atoms with van der Waals surface area (Å²) in [6, 6.07) is 0. The van der Waals surface area contributed by atoms with Crippen molar-refractivity contribution in [2.75, 3.05) is 0 Å². The molecule has 0 N–H and O–H groups in total. The van der Waals surface area contributed by atoms with Gasteiger partial charge in [-0.15, -0.1) is 15.0 Å². The second kappa shape index (κ2) is 3.47. The lowest BCUT2D eigenvalue weighted by Gasteiger charge is -2.20. The summed E-state index contributed by atoms with van der Waals surface area (Å²) < 4.78 is 0. The van der Waals surface area contributed by atoms with Gasteiger partial charge in [0, 0.05) is 11.5 Å². The highest BCUT2D eigenvalue weighted by Gasteiger charge is 2.20. The van der Waals surface area contributed by atoms with Crippen LogP contribution in [-0.2, 0) is 4.79 Å². The molecule has 0 bridgehead atoms. The third-order valence-electron chi connectivity index (χ3n) is 1.56. The molecule has 0 radical (unpaired) electrons. The molecule has 5 nitrogen and oxygen atoms in total. The van der Waals surface area contributed by atoms with Gasteiger partial charge in [-0.1, -0.05) is 20.8 Å². The van der Waals surface area contributed by atoms with Crippen LogP contribution in [0.25, 0.3) is 5.70 Å². The lowest BCUT2D eigenvalue weighted by Crippen LogP contribution is -2.17. The van der Waals surface area contributed by atoms with E-state index in [2.05, 4.69) is 15.4 Å².